The molecule has 1 heterocycles. The van der Waals surface area contributed by atoms with E-state index in [2.05, 4.69) is 5.32 Å². The predicted octanol–water partition coefficient (Wildman–Crippen LogP) is 4.02. The molecule has 0 aliphatic rings. The van der Waals surface area contributed by atoms with Crippen molar-refractivity contribution in [3.05, 3.63) is 51.2 Å². The molecule has 0 aliphatic heterocycles. The first-order valence-electron chi connectivity index (χ1n) is 6.90. The number of carbonyl (C=O) groups excluding carboxylic acids is 2. The van der Waals surface area contributed by atoms with E-state index in [1.54, 1.807) is 29.2 Å². The summed E-state index contributed by atoms with van der Waals surface area (Å²) >= 11 is 7.40. The van der Waals surface area contributed by atoms with E-state index in [1.807, 2.05) is 19.1 Å². The van der Waals surface area contributed by atoms with E-state index in [9.17, 15) is 9.59 Å². The lowest BCUT2D eigenvalue weighted by molar-refractivity contribution is -0.114. The van der Waals surface area contributed by atoms with Crippen molar-refractivity contribution in [2.24, 2.45) is 0 Å². The SMILES string of the molecule is CCN(Cc1ccc(Cl)s1)C(=O)c1cccc(NC(C)=O)c1. The van der Waals surface area contributed by atoms with Crippen molar-refractivity contribution in [2.45, 2.75) is 20.4 Å². The predicted molar refractivity (Wildman–Crippen MR) is 90.5 cm³/mol. The second kappa shape index (κ2) is 7.42. The molecule has 0 saturated carbocycles. The molecular formula is C16H17ClN2O2S. The van der Waals surface area contributed by atoms with Crippen LogP contribution in [-0.2, 0) is 11.3 Å². The van der Waals surface area contributed by atoms with Crippen LogP contribution in [0, 0.1) is 0 Å². The standard InChI is InChI=1S/C16H17ClN2O2S/c1-3-19(10-14-7-8-15(17)22-14)16(21)12-5-4-6-13(9-12)18-11(2)20/h4-9H,3,10H2,1-2H3,(H,18,20). The average Bonchev–Trinajstić information content (AvgIpc) is 2.89. The monoisotopic (exact) mass is 336 g/mol. The van der Waals surface area contributed by atoms with Crippen LogP contribution >= 0.6 is 22.9 Å². The minimum atomic E-state index is -0.162. The van der Waals surface area contributed by atoms with Crippen molar-refractivity contribution in [1.29, 1.82) is 0 Å². The maximum absolute atomic E-state index is 12.6. The number of benzene rings is 1. The Morgan fingerprint density at radius 1 is 1.27 bits per heavy atom. The Hall–Kier alpha value is -1.85. The maximum Gasteiger partial charge on any atom is 0.254 e. The Kier molecular flexibility index (Phi) is 5.57. The van der Waals surface area contributed by atoms with Gasteiger partial charge in [-0.1, -0.05) is 17.7 Å². The number of carbonyl (C=O) groups is 2. The van der Waals surface area contributed by atoms with Gasteiger partial charge in [0.25, 0.3) is 5.91 Å². The Morgan fingerprint density at radius 3 is 2.64 bits per heavy atom. The van der Waals surface area contributed by atoms with Crippen molar-refractivity contribution in [3.63, 3.8) is 0 Å². The van der Waals surface area contributed by atoms with Crippen LogP contribution in [0.5, 0.6) is 0 Å². The molecule has 2 aromatic rings. The highest BCUT2D eigenvalue weighted by Gasteiger charge is 2.16. The van der Waals surface area contributed by atoms with Gasteiger partial charge >= 0.3 is 0 Å². The van der Waals surface area contributed by atoms with Gasteiger partial charge in [0.1, 0.15) is 0 Å². The summed E-state index contributed by atoms with van der Waals surface area (Å²) in [7, 11) is 0. The molecule has 1 N–H and O–H groups in total. The van der Waals surface area contributed by atoms with Crippen LogP contribution in [0.15, 0.2) is 36.4 Å². The first-order chi connectivity index (χ1) is 10.5. The smallest absolute Gasteiger partial charge is 0.254 e. The number of anilines is 1. The Morgan fingerprint density at radius 2 is 2.05 bits per heavy atom. The molecule has 22 heavy (non-hydrogen) atoms. The summed E-state index contributed by atoms with van der Waals surface area (Å²) in [5.41, 5.74) is 1.17. The number of nitrogens with zero attached hydrogens (tertiary/aromatic N) is 1. The molecule has 0 fully saturated rings. The highest BCUT2D eigenvalue weighted by atomic mass is 35.5. The summed E-state index contributed by atoms with van der Waals surface area (Å²) < 4.78 is 0.714. The third-order valence-electron chi connectivity index (χ3n) is 3.07. The summed E-state index contributed by atoms with van der Waals surface area (Å²) in [6, 6.07) is 10.7. The fourth-order valence-electron chi connectivity index (χ4n) is 2.07. The van der Waals surface area contributed by atoms with Crippen molar-refractivity contribution in [3.8, 4) is 0 Å². The van der Waals surface area contributed by atoms with Gasteiger partial charge in [-0.25, -0.2) is 0 Å². The number of nitrogens with one attached hydrogen (secondary N) is 1. The summed E-state index contributed by atoms with van der Waals surface area (Å²) in [4.78, 5) is 26.5. The second-order valence-corrected chi connectivity index (χ2v) is 6.59. The molecule has 0 bridgehead atoms. The van der Waals surface area contributed by atoms with E-state index in [1.165, 1.54) is 18.3 Å². The van der Waals surface area contributed by atoms with Crippen LogP contribution in [-0.4, -0.2) is 23.3 Å². The molecule has 4 nitrogen and oxygen atoms in total. The lowest BCUT2D eigenvalue weighted by Gasteiger charge is -2.20. The van der Waals surface area contributed by atoms with Crippen molar-refractivity contribution < 1.29 is 9.59 Å². The highest BCUT2D eigenvalue weighted by molar-refractivity contribution is 7.16. The van der Waals surface area contributed by atoms with Gasteiger partial charge in [-0.2, -0.15) is 0 Å². The van der Waals surface area contributed by atoms with Crippen LogP contribution in [0.1, 0.15) is 29.1 Å². The molecule has 0 radical (unpaired) electrons. The van der Waals surface area contributed by atoms with Gasteiger partial charge in [0.2, 0.25) is 5.91 Å². The van der Waals surface area contributed by atoms with Gasteiger partial charge in [0.05, 0.1) is 10.9 Å². The van der Waals surface area contributed by atoms with Crippen molar-refractivity contribution in [2.75, 3.05) is 11.9 Å². The van der Waals surface area contributed by atoms with Gasteiger partial charge in [0, 0.05) is 29.6 Å². The molecule has 1 aromatic heterocycles. The van der Waals surface area contributed by atoms with Gasteiger partial charge in [-0.3, -0.25) is 9.59 Å². The van der Waals surface area contributed by atoms with E-state index in [-0.39, 0.29) is 11.8 Å². The lowest BCUT2D eigenvalue weighted by Crippen LogP contribution is -2.30. The molecule has 116 valence electrons. The molecule has 0 atom stereocenters. The minimum absolute atomic E-state index is 0.0702. The number of rotatable bonds is 5. The summed E-state index contributed by atoms with van der Waals surface area (Å²) in [5.74, 6) is -0.232. The molecule has 1 aromatic carbocycles. The zero-order valence-corrected chi connectivity index (χ0v) is 14.0. The van der Waals surface area contributed by atoms with Crippen LogP contribution < -0.4 is 5.32 Å². The third kappa shape index (κ3) is 4.32. The number of hydrogen-bond acceptors (Lipinski definition) is 3. The normalized spacial score (nSPS) is 10.3. The molecule has 0 spiro atoms. The van der Waals surface area contributed by atoms with Crippen LogP contribution in [0.25, 0.3) is 0 Å². The Labute approximate surface area is 138 Å². The summed E-state index contributed by atoms with van der Waals surface area (Å²) in [6.45, 7) is 4.49. The quantitative estimate of drug-likeness (QED) is 0.896. The topological polar surface area (TPSA) is 49.4 Å². The van der Waals surface area contributed by atoms with E-state index in [0.29, 0.717) is 28.7 Å². The van der Waals surface area contributed by atoms with Crippen molar-refractivity contribution in [1.82, 2.24) is 4.90 Å². The fourth-order valence-corrected chi connectivity index (χ4v) is 3.17. The highest BCUT2D eigenvalue weighted by Crippen LogP contribution is 2.23. The van der Waals surface area contributed by atoms with E-state index >= 15 is 0 Å². The van der Waals surface area contributed by atoms with Crippen LogP contribution in [0.2, 0.25) is 4.34 Å². The van der Waals surface area contributed by atoms with Gasteiger partial charge < -0.3 is 10.2 Å². The third-order valence-corrected chi connectivity index (χ3v) is 4.29. The first-order valence-corrected chi connectivity index (χ1v) is 8.10. The van der Waals surface area contributed by atoms with Gasteiger partial charge in [0.15, 0.2) is 0 Å². The zero-order valence-electron chi connectivity index (χ0n) is 12.4. The molecular weight excluding hydrogens is 320 g/mol. The number of halogens is 1. The number of hydrogen-bond donors (Lipinski definition) is 1. The Bertz CT molecular complexity index is 684. The van der Waals surface area contributed by atoms with Crippen LogP contribution in [0.3, 0.4) is 0 Å². The van der Waals surface area contributed by atoms with Gasteiger partial charge in [-0.05, 0) is 37.3 Å². The van der Waals surface area contributed by atoms with Crippen molar-refractivity contribution >= 4 is 40.4 Å². The number of thiophene rings is 1. The van der Waals surface area contributed by atoms with E-state index < -0.39 is 0 Å². The Balaban J connectivity index is 2.15. The molecule has 0 saturated heterocycles. The molecule has 6 heteroatoms. The number of amides is 2. The van der Waals surface area contributed by atoms with E-state index in [4.69, 9.17) is 11.6 Å². The minimum Gasteiger partial charge on any atom is -0.334 e. The average molecular weight is 337 g/mol. The molecule has 0 aliphatic carbocycles. The fraction of sp³-hybridized carbons (Fsp3) is 0.250. The summed E-state index contributed by atoms with van der Waals surface area (Å²) in [5, 5.41) is 2.68. The van der Waals surface area contributed by atoms with Crippen LogP contribution in [0.4, 0.5) is 5.69 Å². The lowest BCUT2D eigenvalue weighted by atomic mass is 10.1. The van der Waals surface area contributed by atoms with E-state index in [0.717, 1.165) is 4.88 Å². The zero-order chi connectivity index (χ0) is 16.1. The molecule has 2 rings (SSSR count). The largest absolute Gasteiger partial charge is 0.334 e. The summed E-state index contributed by atoms with van der Waals surface area (Å²) in [6.07, 6.45) is 0. The maximum atomic E-state index is 12.6. The van der Waals surface area contributed by atoms with Gasteiger partial charge in [-0.15, -0.1) is 11.3 Å². The molecule has 2 amide bonds. The first kappa shape index (κ1) is 16.5. The second-order valence-electron chi connectivity index (χ2n) is 4.79. The molecule has 0 unspecified atom stereocenters.